The summed E-state index contributed by atoms with van der Waals surface area (Å²) in [6.45, 7) is 0. The lowest BCUT2D eigenvalue weighted by molar-refractivity contribution is 0.100. The Hall–Kier alpha value is -1.10. The van der Waals surface area contributed by atoms with E-state index in [2.05, 4.69) is 10.3 Å². The van der Waals surface area contributed by atoms with Gasteiger partial charge < -0.3 is 11.1 Å². The first-order valence-corrected chi connectivity index (χ1v) is 3.49. The van der Waals surface area contributed by atoms with Crippen LogP contribution in [0.15, 0.2) is 6.20 Å². The van der Waals surface area contributed by atoms with Gasteiger partial charge in [-0.15, -0.1) is 0 Å². The SMILES string of the molecule is CNc1ncc(C(N)=O)s1. The first-order chi connectivity index (χ1) is 4.74. The number of anilines is 1. The normalized spacial score (nSPS) is 9.30. The number of carbonyl (C=O) groups is 1. The number of thiazole rings is 1. The van der Waals surface area contributed by atoms with Gasteiger partial charge in [0.2, 0.25) is 0 Å². The minimum absolute atomic E-state index is 0.431. The van der Waals surface area contributed by atoms with Crippen LogP contribution in [0.4, 0.5) is 5.13 Å². The van der Waals surface area contributed by atoms with Crippen molar-refractivity contribution in [1.29, 1.82) is 0 Å². The number of hydrogen-bond acceptors (Lipinski definition) is 4. The molecule has 1 rings (SSSR count). The molecule has 0 radical (unpaired) electrons. The number of primary amides is 1. The highest BCUT2D eigenvalue weighted by Gasteiger charge is 2.03. The topological polar surface area (TPSA) is 68.0 Å². The van der Waals surface area contributed by atoms with Crippen LogP contribution < -0.4 is 11.1 Å². The van der Waals surface area contributed by atoms with Crippen LogP contribution in [0.2, 0.25) is 0 Å². The molecule has 54 valence electrons. The van der Waals surface area contributed by atoms with E-state index in [0.29, 0.717) is 10.0 Å². The molecule has 0 unspecified atom stereocenters. The maximum Gasteiger partial charge on any atom is 0.260 e. The van der Waals surface area contributed by atoms with Gasteiger partial charge in [-0.05, 0) is 0 Å². The third-order valence-electron chi connectivity index (χ3n) is 0.962. The summed E-state index contributed by atoms with van der Waals surface area (Å²) in [6, 6.07) is 0. The molecule has 0 fully saturated rings. The Kier molecular flexibility index (Phi) is 1.86. The van der Waals surface area contributed by atoms with Crippen molar-refractivity contribution in [2.24, 2.45) is 5.73 Å². The number of carbonyl (C=O) groups excluding carboxylic acids is 1. The largest absolute Gasteiger partial charge is 0.365 e. The van der Waals surface area contributed by atoms with Gasteiger partial charge in [0.25, 0.3) is 5.91 Å². The van der Waals surface area contributed by atoms with Gasteiger partial charge in [-0.25, -0.2) is 4.98 Å². The lowest BCUT2D eigenvalue weighted by atomic mass is 10.5. The highest BCUT2D eigenvalue weighted by atomic mass is 32.1. The molecular weight excluding hydrogens is 150 g/mol. The fraction of sp³-hybridized carbons (Fsp3) is 0.200. The van der Waals surface area contributed by atoms with Crippen LogP contribution in [-0.2, 0) is 0 Å². The Morgan fingerprint density at radius 3 is 2.90 bits per heavy atom. The summed E-state index contributed by atoms with van der Waals surface area (Å²) in [5, 5.41) is 3.50. The third kappa shape index (κ3) is 1.24. The van der Waals surface area contributed by atoms with E-state index in [-0.39, 0.29) is 0 Å². The molecule has 0 aliphatic heterocycles. The number of nitrogens with one attached hydrogen (secondary N) is 1. The lowest BCUT2D eigenvalue weighted by Crippen LogP contribution is -2.08. The monoisotopic (exact) mass is 157 g/mol. The molecule has 0 bridgehead atoms. The third-order valence-corrected chi connectivity index (χ3v) is 1.99. The van der Waals surface area contributed by atoms with Crippen LogP contribution in [0.25, 0.3) is 0 Å². The van der Waals surface area contributed by atoms with Crippen molar-refractivity contribution in [3.63, 3.8) is 0 Å². The molecule has 1 heterocycles. The zero-order valence-corrected chi connectivity index (χ0v) is 6.23. The van der Waals surface area contributed by atoms with E-state index in [4.69, 9.17) is 5.73 Å². The van der Waals surface area contributed by atoms with Gasteiger partial charge in [-0.1, -0.05) is 11.3 Å². The summed E-state index contributed by atoms with van der Waals surface area (Å²) in [6.07, 6.45) is 1.46. The van der Waals surface area contributed by atoms with Crippen molar-refractivity contribution in [3.05, 3.63) is 11.1 Å². The van der Waals surface area contributed by atoms with Gasteiger partial charge in [0.05, 0.1) is 6.20 Å². The van der Waals surface area contributed by atoms with E-state index in [1.54, 1.807) is 7.05 Å². The molecule has 0 aliphatic carbocycles. The molecule has 1 aromatic rings. The smallest absolute Gasteiger partial charge is 0.260 e. The Balaban J connectivity index is 2.88. The van der Waals surface area contributed by atoms with Crippen LogP contribution in [0, 0.1) is 0 Å². The zero-order valence-electron chi connectivity index (χ0n) is 5.42. The molecule has 1 aromatic heterocycles. The highest BCUT2D eigenvalue weighted by molar-refractivity contribution is 7.17. The summed E-state index contributed by atoms with van der Waals surface area (Å²) in [5.41, 5.74) is 4.99. The summed E-state index contributed by atoms with van der Waals surface area (Å²) in [7, 11) is 1.74. The van der Waals surface area contributed by atoms with Crippen LogP contribution in [0.1, 0.15) is 9.67 Å². The molecule has 4 nitrogen and oxygen atoms in total. The first kappa shape index (κ1) is 7.01. The fourth-order valence-electron chi connectivity index (χ4n) is 0.504. The lowest BCUT2D eigenvalue weighted by Gasteiger charge is -1.86. The van der Waals surface area contributed by atoms with E-state index in [1.165, 1.54) is 17.5 Å². The molecule has 5 heteroatoms. The number of amides is 1. The minimum atomic E-state index is -0.431. The van der Waals surface area contributed by atoms with Crippen LogP contribution in [0.3, 0.4) is 0 Å². The quantitative estimate of drug-likeness (QED) is 0.648. The van der Waals surface area contributed by atoms with Crippen LogP contribution >= 0.6 is 11.3 Å². The molecule has 0 saturated heterocycles. The molecule has 0 saturated carbocycles. The molecular formula is C5H7N3OS. The van der Waals surface area contributed by atoms with Crippen LogP contribution in [0.5, 0.6) is 0 Å². The second-order valence-electron chi connectivity index (χ2n) is 1.64. The maximum atomic E-state index is 10.5. The first-order valence-electron chi connectivity index (χ1n) is 2.67. The van der Waals surface area contributed by atoms with E-state index >= 15 is 0 Å². The molecule has 10 heavy (non-hydrogen) atoms. The van der Waals surface area contributed by atoms with Crippen LogP contribution in [-0.4, -0.2) is 17.9 Å². The zero-order chi connectivity index (χ0) is 7.56. The van der Waals surface area contributed by atoms with E-state index in [0.717, 1.165) is 0 Å². The van der Waals surface area contributed by atoms with Crippen molar-refractivity contribution in [2.45, 2.75) is 0 Å². The highest BCUT2D eigenvalue weighted by Crippen LogP contribution is 2.15. The Bertz CT molecular complexity index is 245. The Morgan fingerprint density at radius 2 is 2.60 bits per heavy atom. The molecule has 0 aliphatic rings. The van der Waals surface area contributed by atoms with Gasteiger partial charge in [-0.2, -0.15) is 0 Å². The van der Waals surface area contributed by atoms with Crippen molar-refractivity contribution >= 4 is 22.4 Å². The molecule has 1 amide bonds. The fourth-order valence-corrected chi connectivity index (χ4v) is 1.13. The Labute approximate surface area is 62.1 Å². The van der Waals surface area contributed by atoms with Gasteiger partial charge >= 0.3 is 0 Å². The predicted molar refractivity (Wildman–Crippen MR) is 40.2 cm³/mol. The predicted octanol–water partition coefficient (Wildman–Crippen LogP) is 0.284. The van der Waals surface area contributed by atoms with Crippen molar-refractivity contribution in [3.8, 4) is 0 Å². The summed E-state index contributed by atoms with van der Waals surface area (Å²) >= 11 is 1.24. The molecule has 0 spiro atoms. The van der Waals surface area contributed by atoms with E-state index in [1.807, 2.05) is 0 Å². The standard InChI is InChI=1S/C5H7N3OS/c1-7-5-8-2-3(10-5)4(6)9/h2H,1H3,(H2,6,9)(H,7,8). The van der Waals surface area contributed by atoms with Gasteiger partial charge in [-0.3, -0.25) is 4.79 Å². The average molecular weight is 157 g/mol. The number of rotatable bonds is 2. The molecule has 0 aromatic carbocycles. The van der Waals surface area contributed by atoms with Gasteiger partial charge in [0.15, 0.2) is 5.13 Å². The van der Waals surface area contributed by atoms with Gasteiger partial charge in [0, 0.05) is 7.05 Å². The second kappa shape index (κ2) is 2.66. The number of nitrogens with zero attached hydrogens (tertiary/aromatic N) is 1. The van der Waals surface area contributed by atoms with Crippen molar-refractivity contribution < 1.29 is 4.79 Å². The second-order valence-corrected chi connectivity index (χ2v) is 2.67. The van der Waals surface area contributed by atoms with E-state index in [9.17, 15) is 4.79 Å². The number of aromatic nitrogens is 1. The summed E-state index contributed by atoms with van der Waals surface area (Å²) < 4.78 is 0. The molecule has 3 N–H and O–H groups in total. The summed E-state index contributed by atoms with van der Waals surface area (Å²) in [4.78, 5) is 14.8. The number of nitrogens with two attached hydrogens (primary N) is 1. The van der Waals surface area contributed by atoms with E-state index < -0.39 is 5.91 Å². The van der Waals surface area contributed by atoms with Crippen molar-refractivity contribution in [1.82, 2.24) is 4.98 Å². The maximum absolute atomic E-state index is 10.5. The molecule has 0 atom stereocenters. The van der Waals surface area contributed by atoms with Crippen molar-refractivity contribution in [2.75, 3.05) is 12.4 Å². The van der Waals surface area contributed by atoms with Gasteiger partial charge in [0.1, 0.15) is 4.88 Å². The Morgan fingerprint density at radius 1 is 1.90 bits per heavy atom. The average Bonchev–Trinajstić information content (AvgIpc) is 2.34. The summed E-state index contributed by atoms with van der Waals surface area (Å²) in [5.74, 6) is -0.431. The minimum Gasteiger partial charge on any atom is -0.365 e. The number of hydrogen-bond donors (Lipinski definition) is 2.